The lowest BCUT2D eigenvalue weighted by molar-refractivity contribution is -0.137. The molecule has 4 nitrogen and oxygen atoms in total. The predicted octanol–water partition coefficient (Wildman–Crippen LogP) is 4.73. The number of ether oxygens (including phenoxy) is 1. The minimum absolute atomic E-state index is 0.317. The van der Waals surface area contributed by atoms with Crippen molar-refractivity contribution in [3.05, 3.63) is 89.3 Å². The van der Waals surface area contributed by atoms with Gasteiger partial charge in [0.25, 0.3) is 0 Å². The SMILES string of the molecule is CCOC(=O)C=C1c2ccccc2-c2c1cccc2C1=Nc2ccncc2C1. The highest BCUT2D eigenvalue weighted by atomic mass is 16.5. The Labute approximate surface area is 163 Å². The number of rotatable bonds is 3. The fraction of sp³-hybridized carbons (Fsp3) is 0.125. The molecule has 0 spiro atoms. The first-order valence-electron chi connectivity index (χ1n) is 9.38. The molecule has 2 heterocycles. The molecule has 0 atom stereocenters. The molecule has 5 rings (SSSR count). The van der Waals surface area contributed by atoms with E-state index in [2.05, 4.69) is 29.2 Å². The lowest BCUT2D eigenvalue weighted by Gasteiger charge is -2.09. The summed E-state index contributed by atoms with van der Waals surface area (Å²) in [7, 11) is 0. The molecule has 136 valence electrons. The second-order valence-corrected chi connectivity index (χ2v) is 6.82. The van der Waals surface area contributed by atoms with Crippen LogP contribution in [0.4, 0.5) is 5.69 Å². The van der Waals surface area contributed by atoms with Crippen LogP contribution < -0.4 is 0 Å². The fourth-order valence-electron chi connectivity index (χ4n) is 4.03. The summed E-state index contributed by atoms with van der Waals surface area (Å²) in [5.41, 5.74) is 9.52. The monoisotopic (exact) mass is 366 g/mol. The van der Waals surface area contributed by atoms with Crippen LogP contribution in [0.1, 0.15) is 29.2 Å². The average molecular weight is 366 g/mol. The quantitative estimate of drug-likeness (QED) is 0.389. The summed E-state index contributed by atoms with van der Waals surface area (Å²) in [4.78, 5) is 21.3. The van der Waals surface area contributed by atoms with E-state index in [0.29, 0.717) is 6.61 Å². The van der Waals surface area contributed by atoms with Crippen molar-refractivity contribution in [1.29, 1.82) is 0 Å². The van der Waals surface area contributed by atoms with Crippen LogP contribution in [0.3, 0.4) is 0 Å². The van der Waals surface area contributed by atoms with Crippen molar-refractivity contribution in [3.8, 4) is 11.1 Å². The van der Waals surface area contributed by atoms with Gasteiger partial charge in [-0.05, 0) is 40.8 Å². The number of nitrogens with zero attached hydrogens (tertiary/aromatic N) is 2. The Kier molecular flexibility index (Phi) is 3.90. The molecule has 0 unspecified atom stereocenters. The molecule has 28 heavy (non-hydrogen) atoms. The Morgan fingerprint density at radius 2 is 1.82 bits per heavy atom. The summed E-state index contributed by atoms with van der Waals surface area (Å²) in [6.07, 6.45) is 6.02. The van der Waals surface area contributed by atoms with Gasteiger partial charge >= 0.3 is 5.97 Å². The summed E-state index contributed by atoms with van der Waals surface area (Å²) < 4.78 is 5.16. The number of carbonyl (C=O) groups excluding carboxylic acids is 1. The number of hydrogen-bond donors (Lipinski definition) is 0. The van der Waals surface area contributed by atoms with E-state index in [-0.39, 0.29) is 5.97 Å². The Bertz CT molecular complexity index is 1170. The van der Waals surface area contributed by atoms with Gasteiger partial charge in [-0.25, -0.2) is 4.79 Å². The molecule has 3 aromatic rings. The van der Waals surface area contributed by atoms with Gasteiger partial charge in [0.2, 0.25) is 0 Å². The molecule has 0 N–H and O–H groups in total. The third kappa shape index (κ3) is 2.57. The number of hydrogen-bond acceptors (Lipinski definition) is 4. The van der Waals surface area contributed by atoms with Crippen LogP contribution in [0.5, 0.6) is 0 Å². The minimum atomic E-state index is -0.317. The van der Waals surface area contributed by atoms with Crippen LogP contribution in [0.25, 0.3) is 16.7 Å². The van der Waals surface area contributed by atoms with E-state index in [1.807, 2.05) is 37.4 Å². The second-order valence-electron chi connectivity index (χ2n) is 6.82. The van der Waals surface area contributed by atoms with Crippen LogP contribution >= 0.6 is 0 Å². The smallest absolute Gasteiger partial charge is 0.331 e. The van der Waals surface area contributed by atoms with Gasteiger partial charge in [0.1, 0.15) is 0 Å². The fourth-order valence-corrected chi connectivity index (χ4v) is 4.03. The molecule has 0 amide bonds. The molecule has 2 aromatic carbocycles. The topological polar surface area (TPSA) is 51.5 Å². The first-order valence-corrected chi connectivity index (χ1v) is 9.38. The number of aromatic nitrogens is 1. The highest BCUT2D eigenvalue weighted by molar-refractivity contribution is 6.16. The molecule has 1 aromatic heterocycles. The average Bonchev–Trinajstić information content (AvgIpc) is 3.28. The maximum absolute atomic E-state index is 12.2. The van der Waals surface area contributed by atoms with Gasteiger partial charge in [0.05, 0.1) is 18.0 Å². The van der Waals surface area contributed by atoms with Gasteiger partial charge in [0.15, 0.2) is 0 Å². The van der Waals surface area contributed by atoms with Crippen LogP contribution in [0.2, 0.25) is 0 Å². The molecule has 0 saturated heterocycles. The van der Waals surface area contributed by atoms with E-state index < -0.39 is 0 Å². The summed E-state index contributed by atoms with van der Waals surface area (Å²) in [5.74, 6) is -0.317. The van der Waals surface area contributed by atoms with Gasteiger partial charge in [-0.3, -0.25) is 9.98 Å². The second kappa shape index (κ2) is 6.57. The molecule has 0 fully saturated rings. The Morgan fingerprint density at radius 1 is 1.04 bits per heavy atom. The molecule has 2 aliphatic rings. The van der Waals surface area contributed by atoms with Crippen molar-refractivity contribution in [2.24, 2.45) is 4.99 Å². The molecule has 1 aliphatic heterocycles. The van der Waals surface area contributed by atoms with Crippen molar-refractivity contribution in [2.45, 2.75) is 13.3 Å². The molecular weight excluding hydrogens is 348 g/mol. The van der Waals surface area contributed by atoms with Crippen LogP contribution in [0, 0.1) is 0 Å². The van der Waals surface area contributed by atoms with E-state index in [1.54, 1.807) is 12.3 Å². The zero-order valence-corrected chi connectivity index (χ0v) is 15.5. The maximum Gasteiger partial charge on any atom is 0.331 e. The van der Waals surface area contributed by atoms with Gasteiger partial charge in [-0.1, -0.05) is 42.5 Å². The lowest BCUT2D eigenvalue weighted by Crippen LogP contribution is -2.03. The summed E-state index contributed by atoms with van der Waals surface area (Å²) in [5, 5.41) is 0. The zero-order valence-electron chi connectivity index (χ0n) is 15.5. The first kappa shape index (κ1) is 16.6. The largest absolute Gasteiger partial charge is 0.463 e. The molecule has 0 radical (unpaired) electrons. The Hall–Kier alpha value is -3.53. The lowest BCUT2D eigenvalue weighted by atomic mass is 9.94. The van der Waals surface area contributed by atoms with Crippen molar-refractivity contribution >= 4 is 22.9 Å². The van der Waals surface area contributed by atoms with Gasteiger partial charge in [0, 0.05) is 36.0 Å². The third-order valence-electron chi connectivity index (χ3n) is 5.19. The van der Waals surface area contributed by atoms with Crippen molar-refractivity contribution in [1.82, 2.24) is 4.98 Å². The molecule has 1 aliphatic carbocycles. The van der Waals surface area contributed by atoms with Crippen LogP contribution in [-0.2, 0) is 16.0 Å². The number of aliphatic imine (C=N–C) groups is 1. The van der Waals surface area contributed by atoms with Crippen molar-refractivity contribution in [2.75, 3.05) is 6.61 Å². The van der Waals surface area contributed by atoms with Crippen molar-refractivity contribution in [3.63, 3.8) is 0 Å². The number of carbonyl (C=O) groups is 1. The van der Waals surface area contributed by atoms with E-state index in [0.717, 1.165) is 56.8 Å². The number of esters is 1. The summed E-state index contributed by atoms with van der Waals surface area (Å²) in [6.45, 7) is 2.18. The number of fused-ring (bicyclic) bond motifs is 4. The predicted molar refractivity (Wildman–Crippen MR) is 110 cm³/mol. The van der Waals surface area contributed by atoms with E-state index in [1.165, 1.54) is 0 Å². The maximum atomic E-state index is 12.2. The van der Waals surface area contributed by atoms with Gasteiger partial charge in [-0.2, -0.15) is 0 Å². The molecular formula is C24H18N2O2. The molecule has 0 bridgehead atoms. The highest BCUT2D eigenvalue weighted by Gasteiger charge is 2.29. The minimum Gasteiger partial charge on any atom is -0.463 e. The number of pyridine rings is 1. The van der Waals surface area contributed by atoms with E-state index in [9.17, 15) is 4.79 Å². The number of benzene rings is 2. The Morgan fingerprint density at radius 3 is 2.64 bits per heavy atom. The van der Waals surface area contributed by atoms with E-state index in [4.69, 9.17) is 9.73 Å². The van der Waals surface area contributed by atoms with Crippen molar-refractivity contribution < 1.29 is 9.53 Å². The Balaban J connectivity index is 1.69. The van der Waals surface area contributed by atoms with Gasteiger partial charge in [-0.15, -0.1) is 0 Å². The third-order valence-corrected chi connectivity index (χ3v) is 5.19. The molecule has 4 heteroatoms. The molecule has 0 saturated carbocycles. The zero-order chi connectivity index (χ0) is 19.1. The summed E-state index contributed by atoms with van der Waals surface area (Å²) in [6, 6.07) is 16.3. The normalized spacial score (nSPS) is 15.0. The van der Waals surface area contributed by atoms with Crippen LogP contribution in [0.15, 0.2) is 72.0 Å². The standard InChI is InChI=1S/C24H18N2O2/c1-2-28-23(27)13-20-16-6-3-4-7-17(16)24-18(20)8-5-9-19(24)22-12-15-14-25-11-10-21(15)26-22/h3-11,13-14H,2,12H2,1H3. The van der Waals surface area contributed by atoms with Crippen LogP contribution in [-0.4, -0.2) is 23.3 Å². The first-order chi connectivity index (χ1) is 13.8. The van der Waals surface area contributed by atoms with E-state index >= 15 is 0 Å². The van der Waals surface area contributed by atoms with Gasteiger partial charge < -0.3 is 4.74 Å². The highest BCUT2D eigenvalue weighted by Crippen LogP contribution is 2.46. The summed E-state index contributed by atoms with van der Waals surface area (Å²) >= 11 is 0.